The standard InChI is InChI=1S/C43H28BrNO/c44-31-25-21-29(22-26-31)30-23-27-33(28-24-30)45(32-11-2-1-3-12-32)40-19-10-18-39-42(40)46-41-20-9-8-17-38(41)43(39)36-15-6-4-13-34(36)35-14-5-7-16-37(35)43/h1-28H. The molecule has 0 aromatic heterocycles. The summed E-state index contributed by atoms with van der Waals surface area (Å²) in [6.07, 6.45) is 0. The van der Waals surface area contributed by atoms with E-state index in [9.17, 15) is 0 Å². The zero-order valence-corrected chi connectivity index (χ0v) is 26.5. The quantitative estimate of drug-likeness (QED) is 0.187. The zero-order valence-electron chi connectivity index (χ0n) is 24.9. The normalized spacial score (nSPS) is 13.2. The van der Waals surface area contributed by atoms with Crippen molar-refractivity contribution in [3.05, 3.63) is 197 Å². The van der Waals surface area contributed by atoms with Gasteiger partial charge in [-0.1, -0.05) is 137 Å². The minimum atomic E-state index is -0.513. The van der Waals surface area contributed by atoms with Crippen LogP contribution in [0.2, 0.25) is 0 Å². The molecule has 0 fully saturated rings. The number of para-hydroxylation sites is 3. The van der Waals surface area contributed by atoms with Crippen molar-refractivity contribution in [3.8, 4) is 33.8 Å². The van der Waals surface area contributed by atoms with Crippen LogP contribution in [0.1, 0.15) is 22.3 Å². The van der Waals surface area contributed by atoms with Crippen LogP contribution in [0.25, 0.3) is 22.3 Å². The van der Waals surface area contributed by atoms with E-state index in [-0.39, 0.29) is 0 Å². The molecule has 0 saturated carbocycles. The molecule has 218 valence electrons. The molecule has 9 rings (SSSR count). The van der Waals surface area contributed by atoms with Crippen LogP contribution in [-0.4, -0.2) is 0 Å². The Bertz CT molecular complexity index is 2190. The molecular formula is C43H28BrNO. The molecule has 1 aliphatic carbocycles. The van der Waals surface area contributed by atoms with Gasteiger partial charge in [0.1, 0.15) is 5.75 Å². The third kappa shape index (κ3) is 3.95. The summed E-state index contributed by atoms with van der Waals surface area (Å²) in [7, 11) is 0. The lowest BCUT2D eigenvalue weighted by Gasteiger charge is -2.41. The van der Waals surface area contributed by atoms with Crippen LogP contribution in [-0.2, 0) is 5.41 Å². The molecule has 1 aliphatic heterocycles. The molecule has 0 bridgehead atoms. The topological polar surface area (TPSA) is 12.5 Å². The van der Waals surface area contributed by atoms with Crippen LogP contribution in [0.15, 0.2) is 174 Å². The molecule has 7 aromatic rings. The van der Waals surface area contributed by atoms with Crippen molar-refractivity contribution < 1.29 is 4.74 Å². The highest BCUT2D eigenvalue weighted by atomic mass is 79.9. The first-order chi connectivity index (χ1) is 22.7. The van der Waals surface area contributed by atoms with Crippen LogP contribution in [0.4, 0.5) is 17.1 Å². The third-order valence-corrected chi connectivity index (χ3v) is 9.94. The number of hydrogen-bond acceptors (Lipinski definition) is 2. The lowest BCUT2D eigenvalue weighted by Crippen LogP contribution is -2.32. The highest BCUT2D eigenvalue weighted by Gasteiger charge is 2.51. The summed E-state index contributed by atoms with van der Waals surface area (Å²) in [6.45, 7) is 0. The first kappa shape index (κ1) is 27.0. The highest BCUT2D eigenvalue weighted by Crippen LogP contribution is 2.63. The molecule has 0 N–H and O–H groups in total. The first-order valence-corrected chi connectivity index (χ1v) is 16.3. The van der Waals surface area contributed by atoms with Crippen molar-refractivity contribution in [3.63, 3.8) is 0 Å². The Hall–Kier alpha value is -5.38. The largest absolute Gasteiger partial charge is 0.454 e. The average molecular weight is 655 g/mol. The van der Waals surface area contributed by atoms with Crippen LogP contribution in [0, 0.1) is 0 Å². The van der Waals surface area contributed by atoms with Gasteiger partial charge in [0.05, 0.1) is 11.1 Å². The molecule has 0 saturated heterocycles. The van der Waals surface area contributed by atoms with Crippen LogP contribution >= 0.6 is 15.9 Å². The van der Waals surface area contributed by atoms with E-state index in [0.717, 1.165) is 38.6 Å². The summed E-state index contributed by atoms with van der Waals surface area (Å²) >= 11 is 3.56. The summed E-state index contributed by atoms with van der Waals surface area (Å²) in [5.41, 5.74) is 12.4. The van der Waals surface area contributed by atoms with E-state index in [1.54, 1.807) is 0 Å². The summed E-state index contributed by atoms with van der Waals surface area (Å²) in [5.74, 6) is 1.75. The maximum absolute atomic E-state index is 7.01. The van der Waals surface area contributed by atoms with E-state index in [4.69, 9.17) is 4.74 Å². The Balaban J connectivity index is 1.29. The van der Waals surface area contributed by atoms with E-state index in [1.807, 2.05) is 0 Å². The smallest absolute Gasteiger partial charge is 0.156 e. The summed E-state index contributed by atoms with van der Waals surface area (Å²) < 4.78 is 8.08. The predicted octanol–water partition coefficient (Wildman–Crippen LogP) is 12.1. The van der Waals surface area contributed by atoms with Crippen LogP contribution in [0.5, 0.6) is 11.5 Å². The van der Waals surface area contributed by atoms with E-state index in [0.29, 0.717) is 0 Å². The molecular weight excluding hydrogens is 626 g/mol. The average Bonchev–Trinajstić information content (AvgIpc) is 3.41. The maximum atomic E-state index is 7.01. The number of rotatable bonds is 4. The zero-order chi connectivity index (χ0) is 30.7. The van der Waals surface area contributed by atoms with Gasteiger partial charge in [0, 0.05) is 27.0 Å². The molecule has 2 nitrogen and oxygen atoms in total. The van der Waals surface area contributed by atoms with Crippen molar-refractivity contribution in [1.82, 2.24) is 0 Å². The second-order valence-corrected chi connectivity index (χ2v) is 12.7. The summed E-state index contributed by atoms with van der Waals surface area (Å²) in [4.78, 5) is 2.32. The van der Waals surface area contributed by atoms with Gasteiger partial charge in [-0.15, -0.1) is 0 Å². The Morgan fingerprint density at radius 3 is 1.63 bits per heavy atom. The number of hydrogen-bond donors (Lipinski definition) is 0. The van der Waals surface area contributed by atoms with E-state index < -0.39 is 5.41 Å². The molecule has 2 aliphatic rings. The minimum Gasteiger partial charge on any atom is -0.454 e. The second-order valence-electron chi connectivity index (χ2n) is 11.8. The van der Waals surface area contributed by atoms with Crippen molar-refractivity contribution in [2.24, 2.45) is 0 Å². The van der Waals surface area contributed by atoms with Crippen LogP contribution in [0.3, 0.4) is 0 Å². The molecule has 1 heterocycles. The molecule has 7 aromatic carbocycles. The fraction of sp³-hybridized carbons (Fsp3) is 0.0233. The van der Waals surface area contributed by atoms with Gasteiger partial charge in [-0.05, 0) is 81.9 Å². The van der Waals surface area contributed by atoms with Crippen molar-refractivity contribution in [2.45, 2.75) is 5.41 Å². The molecule has 0 atom stereocenters. The Morgan fingerprint density at radius 2 is 0.957 bits per heavy atom. The molecule has 3 heteroatoms. The number of halogens is 1. The van der Waals surface area contributed by atoms with Crippen molar-refractivity contribution >= 4 is 33.0 Å². The van der Waals surface area contributed by atoms with Gasteiger partial charge in [0.25, 0.3) is 0 Å². The Morgan fingerprint density at radius 1 is 0.435 bits per heavy atom. The summed E-state index contributed by atoms with van der Waals surface area (Å²) in [5, 5.41) is 0. The van der Waals surface area contributed by atoms with Crippen molar-refractivity contribution in [2.75, 3.05) is 4.90 Å². The molecule has 0 amide bonds. The number of nitrogens with zero attached hydrogens (tertiary/aromatic N) is 1. The molecule has 0 unspecified atom stereocenters. The SMILES string of the molecule is Brc1ccc(-c2ccc(N(c3ccccc3)c3cccc4c3Oc3ccccc3C43c4ccccc4-c4ccccc43)cc2)cc1. The van der Waals surface area contributed by atoms with E-state index >= 15 is 0 Å². The van der Waals surface area contributed by atoms with Crippen molar-refractivity contribution in [1.29, 1.82) is 0 Å². The Labute approximate surface area is 277 Å². The van der Waals surface area contributed by atoms with Gasteiger partial charge in [0.2, 0.25) is 0 Å². The number of anilines is 3. The van der Waals surface area contributed by atoms with E-state index in [1.165, 1.54) is 38.9 Å². The van der Waals surface area contributed by atoms with Gasteiger partial charge in [0.15, 0.2) is 5.75 Å². The number of benzene rings is 7. The van der Waals surface area contributed by atoms with Gasteiger partial charge in [-0.3, -0.25) is 0 Å². The lowest BCUT2D eigenvalue weighted by molar-refractivity contribution is 0.437. The number of fused-ring (bicyclic) bond motifs is 9. The Kier molecular flexibility index (Phi) is 6.22. The third-order valence-electron chi connectivity index (χ3n) is 9.41. The predicted molar refractivity (Wildman–Crippen MR) is 192 cm³/mol. The maximum Gasteiger partial charge on any atom is 0.156 e. The van der Waals surface area contributed by atoms with Gasteiger partial charge in [-0.2, -0.15) is 0 Å². The minimum absolute atomic E-state index is 0.513. The molecule has 46 heavy (non-hydrogen) atoms. The van der Waals surface area contributed by atoms with Gasteiger partial charge >= 0.3 is 0 Å². The molecule has 0 radical (unpaired) electrons. The van der Waals surface area contributed by atoms with Gasteiger partial charge in [-0.25, -0.2) is 0 Å². The highest BCUT2D eigenvalue weighted by molar-refractivity contribution is 9.10. The fourth-order valence-electron chi connectivity index (χ4n) is 7.49. The monoisotopic (exact) mass is 653 g/mol. The summed E-state index contributed by atoms with van der Waals surface area (Å²) in [6, 6.07) is 60.7. The first-order valence-electron chi connectivity index (χ1n) is 15.5. The fourth-order valence-corrected chi connectivity index (χ4v) is 7.75. The van der Waals surface area contributed by atoms with Crippen LogP contribution < -0.4 is 9.64 Å². The lowest BCUT2D eigenvalue weighted by atomic mass is 9.66. The van der Waals surface area contributed by atoms with Gasteiger partial charge < -0.3 is 9.64 Å². The molecule has 1 spiro atoms. The van der Waals surface area contributed by atoms with E-state index in [2.05, 4.69) is 191 Å². The number of ether oxygens (including phenoxy) is 1. The second kappa shape index (κ2) is 10.6.